The molecule has 27 heavy (non-hydrogen) atoms. The molecule has 5 rings (SSSR count). The number of fused-ring (bicyclic) bond motifs is 5. The molecule has 2 aromatic carbocycles. The molecule has 7 heteroatoms. The monoisotopic (exact) mass is 378 g/mol. The van der Waals surface area contributed by atoms with Crippen LogP contribution in [0.25, 0.3) is 11.0 Å². The van der Waals surface area contributed by atoms with E-state index in [-0.39, 0.29) is 24.2 Å². The van der Waals surface area contributed by atoms with Gasteiger partial charge in [0.1, 0.15) is 11.8 Å². The van der Waals surface area contributed by atoms with E-state index < -0.39 is 5.92 Å². The molecule has 0 spiro atoms. The zero-order chi connectivity index (χ0) is 18.7. The number of halogens is 1. The highest BCUT2D eigenvalue weighted by Crippen LogP contribution is 2.40. The Morgan fingerprint density at radius 2 is 1.93 bits per heavy atom. The van der Waals surface area contributed by atoms with Gasteiger partial charge in [0.05, 0.1) is 11.0 Å². The molecule has 0 saturated heterocycles. The lowest BCUT2D eigenvalue weighted by Gasteiger charge is -2.37. The summed E-state index contributed by atoms with van der Waals surface area (Å²) in [6.07, 6.45) is 0.177. The number of aromatic nitrogens is 2. The second-order valence-corrected chi connectivity index (χ2v) is 7.28. The van der Waals surface area contributed by atoms with Crippen molar-refractivity contribution >= 4 is 46.2 Å². The number of imidazole rings is 1. The summed E-state index contributed by atoms with van der Waals surface area (Å²) < 4.78 is 1.83. The maximum Gasteiger partial charge on any atom is 0.248 e. The van der Waals surface area contributed by atoms with Gasteiger partial charge in [0.15, 0.2) is 0 Å². The summed E-state index contributed by atoms with van der Waals surface area (Å²) in [5.41, 5.74) is 2.45. The summed E-state index contributed by atoms with van der Waals surface area (Å²) in [6.45, 7) is 0. The Morgan fingerprint density at radius 3 is 2.74 bits per heavy atom. The van der Waals surface area contributed by atoms with Crippen LogP contribution in [0.2, 0.25) is 5.02 Å². The number of hydrogen-bond donors (Lipinski definition) is 0. The molecule has 1 aromatic heterocycles. The van der Waals surface area contributed by atoms with Crippen molar-refractivity contribution in [3.8, 4) is 0 Å². The van der Waals surface area contributed by atoms with Crippen molar-refractivity contribution in [2.45, 2.75) is 12.3 Å². The number of carbonyl (C=O) groups is 2. The van der Waals surface area contributed by atoms with Gasteiger partial charge in [0, 0.05) is 24.4 Å². The number of amides is 2. The van der Waals surface area contributed by atoms with E-state index in [0.717, 1.165) is 16.6 Å². The van der Waals surface area contributed by atoms with Crippen molar-refractivity contribution in [3.63, 3.8) is 0 Å². The van der Waals surface area contributed by atoms with Gasteiger partial charge in [0.2, 0.25) is 17.8 Å². The summed E-state index contributed by atoms with van der Waals surface area (Å²) in [7, 11) is 1.71. The summed E-state index contributed by atoms with van der Waals surface area (Å²) in [5, 5.41) is 0.578. The Balaban J connectivity index is 1.76. The molecule has 2 amide bonds. The Morgan fingerprint density at radius 1 is 1.11 bits per heavy atom. The second-order valence-electron chi connectivity index (χ2n) is 6.84. The SMILES string of the molecule is CN1C(=O)C2C(=NC(=O)CC2c2cccc(Cl)c2)n2c1nc1ccccc12. The first-order chi connectivity index (χ1) is 13.0. The first-order valence-corrected chi connectivity index (χ1v) is 9.04. The zero-order valence-electron chi connectivity index (χ0n) is 14.5. The van der Waals surface area contributed by atoms with E-state index in [9.17, 15) is 9.59 Å². The number of aliphatic imine (C=N–C) groups is 1. The van der Waals surface area contributed by atoms with E-state index in [1.54, 1.807) is 18.0 Å². The third-order valence-electron chi connectivity index (χ3n) is 5.26. The van der Waals surface area contributed by atoms with Crippen LogP contribution in [0.5, 0.6) is 0 Å². The van der Waals surface area contributed by atoms with Crippen molar-refractivity contribution in [1.82, 2.24) is 9.55 Å². The topological polar surface area (TPSA) is 67.6 Å². The van der Waals surface area contributed by atoms with Crippen LogP contribution in [0.1, 0.15) is 17.9 Å². The van der Waals surface area contributed by atoms with Crippen molar-refractivity contribution in [2.24, 2.45) is 10.9 Å². The predicted molar refractivity (Wildman–Crippen MR) is 103 cm³/mol. The highest BCUT2D eigenvalue weighted by molar-refractivity contribution is 6.30. The van der Waals surface area contributed by atoms with Gasteiger partial charge in [-0.05, 0) is 29.8 Å². The van der Waals surface area contributed by atoms with Crippen molar-refractivity contribution in [3.05, 3.63) is 59.1 Å². The maximum atomic E-state index is 13.2. The van der Waals surface area contributed by atoms with Crippen molar-refractivity contribution in [1.29, 1.82) is 0 Å². The van der Waals surface area contributed by atoms with Crippen LogP contribution in [-0.2, 0) is 9.59 Å². The van der Waals surface area contributed by atoms with E-state index in [1.807, 2.05) is 47.0 Å². The molecule has 134 valence electrons. The molecule has 3 heterocycles. The summed E-state index contributed by atoms with van der Waals surface area (Å²) >= 11 is 6.16. The van der Waals surface area contributed by atoms with E-state index >= 15 is 0 Å². The Kier molecular flexibility index (Phi) is 3.45. The summed E-state index contributed by atoms with van der Waals surface area (Å²) in [4.78, 5) is 36.1. The summed E-state index contributed by atoms with van der Waals surface area (Å²) in [5.74, 6) is -0.302. The van der Waals surface area contributed by atoms with Crippen LogP contribution in [0, 0.1) is 5.92 Å². The fourth-order valence-corrected chi connectivity index (χ4v) is 4.22. The number of nitrogens with zero attached hydrogens (tertiary/aromatic N) is 4. The maximum absolute atomic E-state index is 13.2. The standard InChI is InChI=1S/C20H15ClN4O2/c1-24-19(27)17-13(11-5-4-6-12(21)9-11)10-16(26)23-18(17)25-15-8-3-2-7-14(15)22-20(24)25/h2-9,13,17H,10H2,1H3. The van der Waals surface area contributed by atoms with Gasteiger partial charge in [-0.25, -0.2) is 4.98 Å². The number of hydrogen-bond acceptors (Lipinski definition) is 3. The largest absolute Gasteiger partial charge is 0.284 e. The minimum atomic E-state index is -0.559. The lowest BCUT2D eigenvalue weighted by atomic mass is 9.79. The van der Waals surface area contributed by atoms with Gasteiger partial charge in [-0.2, -0.15) is 4.99 Å². The molecule has 0 N–H and O–H groups in total. The number of anilines is 1. The molecule has 0 aliphatic carbocycles. The number of benzene rings is 2. The van der Waals surface area contributed by atoms with E-state index in [4.69, 9.17) is 11.6 Å². The third-order valence-corrected chi connectivity index (χ3v) is 5.50. The van der Waals surface area contributed by atoms with Gasteiger partial charge < -0.3 is 0 Å². The smallest absolute Gasteiger partial charge is 0.248 e. The Labute approximate surface area is 160 Å². The first-order valence-electron chi connectivity index (χ1n) is 8.67. The zero-order valence-corrected chi connectivity index (χ0v) is 15.2. The minimum Gasteiger partial charge on any atom is -0.284 e. The highest BCUT2D eigenvalue weighted by Gasteiger charge is 2.46. The molecule has 2 atom stereocenters. The van der Waals surface area contributed by atoms with Crippen LogP contribution < -0.4 is 4.90 Å². The normalized spacial score (nSPS) is 21.9. The number of rotatable bonds is 1. The van der Waals surface area contributed by atoms with Crippen LogP contribution in [0.4, 0.5) is 5.95 Å². The van der Waals surface area contributed by atoms with Crippen LogP contribution in [0.15, 0.2) is 53.5 Å². The van der Waals surface area contributed by atoms with Crippen molar-refractivity contribution in [2.75, 3.05) is 11.9 Å². The Hall–Kier alpha value is -2.99. The van der Waals surface area contributed by atoms with Gasteiger partial charge in [-0.15, -0.1) is 0 Å². The van der Waals surface area contributed by atoms with E-state index in [2.05, 4.69) is 9.98 Å². The molecule has 0 bridgehead atoms. The average molecular weight is 379 g/mol. The van der Waals surface area contributed by atoms with Gasteiger partial charge in [-0.1, -0.05) is 35.9 Å². The van der Waals surface area contributed by atoms with Gasteiger partial charge in [0.25, 0.3) is 0 Å². The molecule has 2 aliphatic heterocycles. The molecular weight excluding hydrogens is 364 g/mol. The highest BCUT2D eigenvalue weighted by atomic mass is 35.5. The molecule has 0 radical (unpaired) electrons. The lowest BCUT2D eigenvalue weighted by molar-refractivity contribution is -0.123. The molecule has 3 aromatic rings. The van der Waals surface area contributed by atoms with Crippen LogP contribution in [0.3, 0.4) is 0 Å². The fraction of sp³-hybridized carbons (Fsp3) is 0.200. The number of para-hydroxylation sites is 2. The van der Waals surface area contributed by atoms with E-state index in [0.29, 0.717) is 16.8 Å². The first kappa shape index (κ1) is 16.2. The van der Waals surface area contributed by atoms with Crippen molar-refractivity contribution < 1.29 is 9.59 Å². The molecular formula is C20H15ClN4O2. The second kappa shape index (κ2) is 5.76. The third kappa shape index (κ3) is 2.33. The lowest BCUT2D eigenvalue weighted by Crippen LogP contribution is -2.50. The molecule has 2 aliphatic rings. The fourth-order valence-electron chi connectivity index (χ4n) is 4.02. The molecule has 0 fully saturated rings. The summed E-state index contributed by atoms with van der Waals surface area (Å²) in [6, 6.07) is 14.9. The molecule has 6 nitrogen and oxygen atoms in total. The Bertz CT molecular complexity index is 1150. The molecule has 0 saturated carbocycles. The van der Waals surface area contributed by atoms with Gasteiger partial charge in [-0.3, -0.25) is 19.1 Å². The molecule has 2 unspecified atom stereocenters. The van der Waals surface area contributed by atoms with E-state index in [1.165, 1.54) is 0 Å². The van der Waals surface area contributed by atoms with Crippen LogP contribution in [-0.4, -0.2) is 34.2 Å². The average Bonchev–Trinajstić information content (AvgIpc) is 3.05. The predicted octanol–water partition coefficient (Wildman–Crippen LogP) is 3.24. The van der Waals surface area contributed by atoms with Crippen LogP contribution >= 0.6 is 11.6 Å². The minimum absolute atomic E-state index is 0.117. The van der Waals surface area contributed by atoms with Gasteiger partial charge >= 0.3 is 0 Å². The quantitative estimate of drug-likeness (QED) is 0.652. The number of carbonyl (C=O) groups excluding carboxylic acids is 2.